The summed E-state index contributed by atoms with van der Waals surface area (Å²) in [6, 6.07) is -0.842. The summed E-state index contributed by atoms with van der Waals surface area (Å²) in [6.07, 6.45) is 2.04. The number of hydrogen-bond acceptors (Lipinski definition) is 3. The van der Waals surface area contributed by atoms with E-state index in [0.717, 1.165) is 12.8 Å². The van der Waals surface area contributed by atoms with E-state index in [1.165, 1.54) is 0 Å². The van der Waals surface area contributed by atoms with Gasteiger partial charge in [-0.3, -0.25) is 4.79 Å². The minimum atomic E-state index is -1.00. The van der Waals surface area contributed by atoms with Crippen molar-refractivity contribution in [3.8, 4) is 0 Å². The summed E-state index contributed by atoms with van der Waals surface area (Å²) in [6.45, 7) is 6.05. The van der Waals surface area contributed by atoms with E-state index in [1.54, 1.807) is 0 Å². The first-order chi connectivity index (χ1) is 7.79. The molecule has 0 bridgehead atoms. The van der Waals surface area contributed by atoms with Crippen molar-refractivity contribution in [1.29, 1.82) is 0 Å². The van der Waals surface area contributed by atoms with Gasteiger partial charge >= 0.3 is 5.97 Å². The van der Waals surface area contributed by atoms with Crippen LogP contribution in [-0.2, 0) is 14.3 Å². The quantitative estimate of drug-likeness (QED) is 0.734. The number of hydrogen-bond donors (Lipinski definition) is 2. The van der Waals surface area contributed by atoms with Gasteiger partial charge < -0.3 is 15.2 Å². The van der Waals surface area contributed by atoms with Crippen molar-refractivity contribution in [2.24, 2.45) is 5.92 Å². The van der Waals surface area contributed by atoms with Crippen LogP contribution < -0.4 is 5.32 Å². The highest BCUT2D eigenvalue weighted by Gasteiger charge is 2.32. The molecule has 1 rings (SSSR count). The molecule has 0 aromatic heterocycles. The molecule has 0 spiro atoms. The Labute approximate surface area is 102 Å². The molecule has 17 heavy (non-hydrogen) atoms. The molecule has 98 valence electrons. The van der Waals surface area contributed by atoms with E-state index in [9.17, 15) is 9.59 Å². The first kappa shape index (κ1) is 14.0. The molecule has 5 heteroatoms. The van der Waals surface area contributed by atoms with Gasteiger partial charge in [-0.05, 0) is 33.6 Å². The van der Waals surface area contributed by atoms with Gasteiger partial charge in [-0.15, -0.1) is 0 Å². The normalized spacial score (nSPS) is 17.6. The molecule has 5 nitrogen and oxygen atoms in total. The minimum absolute atomic E-state index is 0.0281. The fourth-order valence-corrected chi connectivity index (χ4v) is 1.38. The highest BCUT2D eigenvalue weighted by Crippen LogP contribution is 2.28. The zero-order chi connectivity index (χ0) is 13.1. The second kappa shape index (κ2) is 5.49. The third-order valence-corrected chi connectivity index (χ3v) is 2.50. The standard InChI is InChI=1S/C12H21NO4/c1-12(2,3)17-7-6-9(11(15)16)13-10(14)8-4-5-8/h8-9H,4-7H2,1-3H3,(H,13,14)(H,15,16). The maximum absolute atomic E-state index is 11.5. The van der Waals surface area contributed by atoms with Crippen molar-refractivity contribution in [2.45, 2.75) is 51.7 Å². The maximum Gasteiger partial charge on any atom is 0.326 e. The molecule has 1 unspecified atom stereocenters. The fraction of sp³-hybridized carbons (Fsp3) is 0.833. The highest BCUT2D eigenvalue weighted by molar-refractivity contribution is 5.86. The van der Waals surface area contributed by atoms with Gasteiger partial charge in [-0.25, -0.2) is 4.79 Å². The number of carbonyl (C=O) groups is 2. The Bertz CT molecular complexity index is 291. The van der Waals surface area contributed by atoms with Crippen molar-refractivity contribution in [3.05, 3.63) is 0 Å². The van der Waals surface area contributed by atoms with Crippen LogP contribution in [0.3, 0.4) is 0 Å². The van der Waals surface area contributed by atoms with Gasteiger partial charge in [-0.2, -0.15) is 0 Å². The molecule has 1 saturated carbocycles. The molecule has 0 aromatic carbocycles. The molecule has 1 fully saturated rings. The van der Waals surface area contributed by atoms with Crippen molar-refractivity contribution >= 4 is 11.9 Å². The van der Waals surface area contributed by atoms with Crippen LogP contribution in [0.5, 0.6) is 0 Å². The Balaban J connectivity index is 2.32. The lowest BCUT2D eigenvalue weighted by Gasteiger charge is -2.21. The number of amides is 1. The van der Waals surface area contributed by atoms with E-state index in [0.29, 0.717) is 13.0 Å². The second-order valence-corrected chi connectivity index (χ2v) is 5.42. The Kier molecular flexibility index (Phi) is 4.51. The van der Waals surface area contributed by atoms with Gasteiger partial charge in [0.2, 0.25) is 5.91 Å². The second-order valence-electron chi connectivity index (χ2n) is 5.42. The Hall–Kier alpha value is -1.10. The van der Waals surface area contributed by atoms with E-state index in [4.69, 9.17) is 9.84 Å². The molecule has 0 saturated heterocycles. The van der Waals surface area contributed by atoms with Crippen LogP contribution in [0.25, 0.3) is 0 Å². The summed E-state index contributed by atoms with van der Waals surface area (Å²) in [5.74, 6) is -1.12. The van der Waals surface area contributed by atoms with Crippen molar-refractivity contribution in [1.82, 2.24) is 5.32 Å². The van der Waals surface area contributed by atoms with Crippen molar-refractivity contribution in [3.63, 3.8) is 0 Å². The van der Waals surface area contributed by atoms with Crippen LogP contribution in [0.2, 0.25) is 0 Å². The van der Waals surface area contributed by atoms with Gasteiger partial charge in [0.1, 0.15) is 6.04 Å². The number of aliphatic carboxylic acids is 1. The molecule has 0 aromatic rings. The van der Waals surface area contributed by atoms with Crippen LogP contribution in [0, 0.1) is 5.92 Å². The van der Waals surface area contributed by atoms with Gasteiger partial charge in [-0.1, -0.05) is 0 Å². The minimum Gasteiger partial charge on any atom is -0.480 e. The zero-order valence-electron chi connectivity index (χ0n) is 10.7. The van der Waals surface area contributed by atoms with Crippen LogP contribution >= 0.6 is 0 Å². The zero-order valence-corrected chi connectivity index (χ0v) is 10.7. The van der Waals surface area contributed by atoms with E-state index >= 15 is 0 Å². The fourth-order valence-electron chi connectivity index (χ4n) is 1.38. The summed E-state index contributed by atoms with van der Waals surface area (Å²) in [4.78, 5) is 22.4. The van der Waals surface area contributed by atoms with E-state index in [1.807, 2.05) is 20.8 Å². The van der Waals surface area contributed by atoms with Crippen LogP contribution in [0.15, 0.2) is 0 Å². The predicted molar refractivity (Wildman–Crippen MR) is 62.6 cm³/mol. The van der Waals surface area contributed by atoms with Crippen LogP contribution in [-0.4, -0.2) is 35.2 Å². The lowest BCUT2D eigenvalue weighted by Crippen LogP contribution is -2.42. The third-order valence-electron chi connectivity index (χ3n) is 2.50. The molecule has 0 aliphatic heterocycles. The van der Waals surface area contributed by atoms with Gasteiger partial charge in [0.25, 0.3) is 0 Å². The molecular weight excluding hydrogens is 222 g/mol. The van der Waals surface area contributed by atoms with E-state index < -0.39 is 12.0 Å². The van der Waals surface area contributed by atoms with E-state index in [-0.39, 0.29) is 17.4 Å². The monoisotopic (exact) mass is 243 g/mol. The molecule has 0 heterocycles. The average Bonchev–Trinajstić information content (AvgIpc) is 2.96. The summed E-state index contributed by atoms with van der Waals surface area (Å²) in [5, 5.41) is 11.5. The van der Waals surface area contributed by atoms with Gasteiger partial charge in [0, 0.05) is 18.9 Å². The smallest absolute Gasteiger partial charge is 0.326 e. The Morgan fingerprint density at radius 1 is 1.41 bits per heavy atom. The SMILES string of the molecule is CC(C)(C)OCCC(NC(=O)C1CC1)C(=O)O. The molecular formula is C12H21NO4. The maximum atomic E-state index is 11.5. The Morgan fingerprint density at radius 2 is 2.00 bits per heavy atom. The number of carboxylic acids is 1. The van der Waals surface area contributed by atoms with Gasteiger partial charge in [0.15, 0.2) is 0 Å². The van der Waals surface area contributed by atoms with E-state index in [2.05, 4.69) is 5.32 Å². The number of rotatable bonds is 6. The number of carbonyl (C=O) groups excluding carboxylic acids is 1. The first-order valence-electron chi connectivity index (χ1n) is 5.97. The third kappa shape index (κ3) is 5.68. The molecule has 1 amide bonds. The lowest BCUT2D eigenvalue weighted by molar-refractivity contribution is -0.143. The average molecular weight is 243 g/mol. The molecule has 1 aliphatic carbocycles. The summed E-state index contributed by atoms with van der Waals surface area (Å²) in [5.41, 5.74) is -0.288. The number of nitrogens with one attached hydrogen (secondary N) is 1. The summed E-state index contributed by atoms with van der Waals surface area (Å²) >= 11 is 0. The molecule has 0 radical (unpaired) electrons. The van der Waals surface area contributed by atoms with Crippen LogP contribution in [0.4, 0.5) is 0 Å². The van der Waals surface area contributed by atoms with Crippen LogP contribution in [0.1, 0.15) is 40.0 Å². The molecule has 2 N–H and O–H groups in total. The van der Waals surface area contributed by atoms with Gasteiger partial charge in [0.05, 0.1) is 5.60 Å². The topological polar surface area (TPSA) is 75.6 Å². The summed E-state index contributed by atoms with van der Waals surface area (Å²) < 4.78 is 5.45. The lowest BCUT2D eigenvalue weighted by atomic mass is 10.1. The largest absolute Gasteiger partial charge is 0.480 e. The predicted octanol–water partition coefficient (Wildman–Crippen LogP) is 1.17. The highest BCUT2D eigenvalue weighted by atomic mass is 16.5. The molecule has 1 atom stereocenters. The van der Waals surface area contributed by atoms with Crippen molar-refractivity contribution in [2.75, 3.05) is 6.61 Å². The van der Waals surface area contributed by atoms with Crippen molar-refractivity contribution < 1.29 is 19.4 Å². The number of ether oxygens (including phenoxy) is 1. The number of carboxylic acid groups (broad SMARTS) is 1. The Morgan fingerprint density at radius 3 is 2.41 bits per heavy atom. The summed E-state index contributed by atoms with van der Waals surface area (Å²) in [7, 11) is 0. The first-order valence-corrected chi connectivity index (χ1v) is 5.97. The molecule has 1 aliphatic rings.